The fourth-order valence-electron chi connectivity index (χ4n) is 8.58. The standard InChI is InChI=1S/C47H32/c1-47(2)43-28-31-13-4-3-12-30(31)27-42(43)45-39-21-10-9-20-38(39)41-26-32(22-23-40(41)46(45)47)29-16-11-17-35(24-29)44-36-18-7-5-14-33(36)25-34-15-6-8-19-37(34)44/h3-28H,1-2H3. The first-order valence-corrected chi connectivity index (χ1v) is 16.6. The normalized spacial score (nSPS) is 13.5. The zero-order valence-electron chi connectivity index (χ0n) is 26.5. The lowest BCUT2D eigenvalue weighted by Crippen LogP contribution is -2.15. The molecule has 0 bridgehead atoms. The predicted molar refractivity (Wildman–Crippen MR) is 202 cm³/mol. The van der Waals surface area contributed by atoms with Gasteiger partial charge < -0.3 is 0 Å². The van der Waals surface area contributed by atoms with E-state index in [1.807, 2.05) is 0 Å². The average molecular weight is 597 g/mol. The first-order chi connectivity index (χ1) is 23.1. The Kier molecular flexibility index (Phi) is 5.44. The van der Waals surface area contributed by atoms with Crippen molar-refractivity contribution >= 4 is 53.9 Å². The van der Waals surface area contributed by atoms with Gasteiger partial charge in [-0.1, -0.05) is 141 Å². The number of benzene rings is 9. The van der Waals surface area contributed by atoms with Crippen LogP contribution in [0.4, 0.5) is 0 Å². The molecule has 0 unspecified atom stereocenters. The van der Waals surface area contributed by atoms with E-state index < -0.39 is 0 Å². The van der Waals surface area contributed by atoms with Gasteiger partial charge in [-0.25, -0.2) is 0 Å². The Morgan fingerprint density at radius 2 is 0.915 bits per heavy atom. The molecule has 0 amide bonds. The van der Waals surface area contributed by atoms with Gasteiger partial charge in [0.1, 0.15) is 0 Å². The molecule has 0 heteroatoms. The van der Waals surface area contributed by atoms with Crippen molar-refractivity contribution in [2.45, 2.75) is 19.3 Å². The predicted octanol–water partition coefficient (Wildman–Crippen LogP) is 13.1. The summed E-state index contributed by atoms with van der Waals surface area (Å²) in [6.07, 6.45) is 0. The maximum atomic E-state index is 2.44. The second kappa shape index (κ2) is 9.64. The molecule has 0 aromatic heterocycles. The fourth-order valence-corrected chi connectivity index (χ4v) is 8.58. The lowest BCUT2D eigenvalue weighted by Gasteiger charge is -2.24. The Hall–Kier alpha value is -5.72. The van der Waals surface area contributed by atoms with Gasteiger partial charge >= 0.3 is 0 Å². The quantitative estimate of drug-likeness (QED) is 0.138. The first-order valence-electron chi connectivity index (χ1n) is 16.6. The molecule has 0 spiro atoms. The van der Waals surface area contributed by atoms with Gasteiger partial charge in [-0.3, -0.25) is 0 Å². The summed E-state index contributed by atoms with van der Waals surface area (Å²) in [6, 6.07) is 58.8. The van der Waals surface area contributed by atoms with Gasteiger partial charge in [0, 0.05) is 5.41 Å². The molecule has 0 heterocycles. The SMILES string of the molecule is CC1(C)c2cc3ccccc3cc2-c2c1c1ccc(-c3cccc(-c4c5ccccc5cc5ccccc45)c3)cc1c1ccccc21. The molecule has 1 aliphatic carbocycles. The van der Waals surface area contributed by atoms with E-state index in [1.54, 1.807) is 0 Å². The van der Waals surface area contributed by atoms with Crippen LogP contribution >= 0.6 is 0 Å². The number of fused-ring (bicyclic) bond motifs is 11. The van der Waals surface area contributed by atoms with Gasteiger partial charge in [0.25, 0.3) is 0 Å². The maximum Gasteiger partial charge on any atom is 0.0165 e. The van der Waals surface area contributed by atoms with Crippen molar-refractivity contribution in [2.24, 2.45) is 0 Å². The molecule has 9 aromatic carbocycles. The molecule has 0 fully saturated rings. The summed E-state index contributed by atoms with van der Waals surface area (Å²) < 4.78 is 0. The Balaban J connectivity index is 1.21. The Morgan fingerprint density at radius 3 is 1.64 bits per heavy atom. The summed E-state index contributed by atoms with van der Waals surface area (Å²) in [5.74, 6) is 0. The molecule has 9 aromatic rings. The number of hydrogen-bond donors (Lipinski definition) is 0. The Labute approximate surface area is 274 Å². The van der Waals surface area contributed by atoms with Crippen molar-refractivity contribution in [3.63, 3.8) is 0 Å². The molecule has 0 saturated carbocycles. The molecule has 0 aliphatic heterocycles. The molecule has 10 rings (SSSR count). The molecule has 0 saturated heterocycles. The molecule has 47 heavy (non-hydrogen) atoms. The van der Waals surface area contributed by atoms with Gasteiger partial charge in [-0.05, 0) is 129 Å². The zero-order chi connectivity index (χ0) is 31.3. The van der Waals surface area contributed by atoms with E-state index in [1.165, 1.54) is 98.4 Å². The third-order valence-electron chi connectivity index (χ3n) is 10.7. The minimum absolute atomic E-state index is 0.117. The van der Waals surface area contributed by atoms with Crippen LogP contribution in [-0.4, -0.2) is 0 Å². The molecule has 220 valence electrons. The largest absolute Gasteiger partial charge is 0.0616 e. The van der Waals surface area contributed by atoms with Crippen molar-refractivity contribution in [3.8, 4) is 33.4 Å². The molecule has 1 aliphatic rings. The highest BCUT2D eigenvalue weighted by Gasteiger charge is 2.38. The Bertz CT molecular complexity index is 2700. The van der Waals surface area contributed by atoms with Crippen molar-refractivity contribution in [3.05, 3.63) is 169 Å². The molecule has 0 N–H and O–H groups in total. The third kappa shape index (κ3) is 3.76. The van der Waals surface area contributed by atoms with Crippen LogP contribution in [0.1, 0.15) is 25.0 Å². The first kappa shape index (κ1) is 26.5. The van der Waals surface area contributed by atoms with E-state index in [9.17, 15) is 0 Å². The van der Waals surface area contributed by atoms with Crippen LogP contribution in [0, 0.1) is 0 Å². The zero-order valence-corrected chi connectivity index (χ0v) is 26.5. The van der Waals surface area contributed by atoms with E-state index in [0.29, 0.717) is 0 Å². The van der Waals surface area contributed by atoms with Crippen LogP contribution in [0.3, 0.4) is 0 Å². The lowest BCUT2D eigenvalue weighted by atomic mass is 9.78. The van der Waals surface area contributed by atoms with Crippen molar-refractivity contribution in [2.75, 3.05) is 0 Å². The van der Waals surface area contributed by atoms with Crippen molar-refractivity contribution in [1.29, 1.82) is 0 Å². The number of rotatable bonds is 2. The van der Waals surface area contributed by atoms with Crippen LogP contribution in [0.5, 0.6) is 0 Å². The van der Waals surface area contributed by atoms with Crippen LogP contribution < -0.4 is 0 Å². The minimum Gasteiger partial charge on any atom is -0.0616 e. The fraction of sp³-hybridized carbons (Fsp3) is 0.0638. The third-order valence-corrected chi connectivity index (χ3v) is 10.7. The maximum absolute atomic E-state index is 2.44. The summed E-state index contributed by atoms with van der Waals surface area (Å²) in [4.78, 5) is 0. The molecule has 0 atom stereocenters. The average Bonchev–Trinajstić information content (AvgIpc) is 3.35. The monoisotopic (exact) mass is 596 g/mol. The lowest BCUT2D eigenvalue weighted by molar-refractivity contribution is 0.667. The molecular weight excluding hydrogens is 565 g/mol. The van der Waals surface area contributed by atoms with Crippen LogP contribution in [0.15, 0.2) is 158 Å². The van der Waals surface area contributed by atoms with E-state index in [2.05, 4.69) is 172 Å². The Morgan fingerprint density at radius 1 is 0.340 bits per heavy atom. The highest BCUT2D eigenvalue weighted by molar-refractivity contribution is 6.20. The van der Waals surface area contributed by atoms with Crippen LogP contribution in [0.2, 0.25) is 0 Å². The van der Waals surface area contributed by atoms with Gasteiger partial charge in [0.15, 0.2) is 0 Å². The molecular formula is C47H32. The van der Waals surface area contributed by atoms with Gasteiger partial charge in [0.2, 0.25) is 0 Å². The summed E-state index contributed by atoms with van der Waals surface area (Å²) in [6.45, 7) is 4.82. The van der Waals surface area contributed by atoms with E-state index >= 15 is 0 Å². The van der Waals surface area contributed by atoms with E-state index in [4.69, 9.17) is 0 Å². The summed E-state index contributed by atoms with van der Waals surface area (Å²) in [5, 5.41) is 13.1. The smallest absolute Gasteiger partial charge is 0.0165 e. The van der Waals surface area contributed by atoms with Crippen molar-refractivity contribution < 1.29 is 0 Å². The summed E-state index contributed by atoms with van der Waals surface area (Å²) >= 11 is 0. The topological polar surface area (TPSA) is 0 Å². The molecule has 0 radical (unpaired) electrons. The second-order valence-corrected chi connectivity index (χ2v) is 13.7. The highest BCUT2D eigenvalue weighted by atomic mass is 14.4. The minimum atomic E-state index is -0.117. The van der Waals surface area contributed by atoms with Gasteiger partial charge in [0.05, 0.1) is 0 Å². The van der Waals surface area contributed by atoms with Gasteiger partial charge in [-0.2, -0.15) is 0 Å². The second-order valence-electron chi connectivity index (χ2n) is 13.7. The van der Waals surface area contributed by atoms with Crippen LogP contribution in [0.25, 0.3) is 87.2 Å². The summed E-state index contributed by atoms with van der Waals surface area (Å²) in [7, 11) is 0. The molecule has 0 nitrogen and oxygen atoms in total. The number of hydrogen-bond acceptors (Lipinski definition) is 0. The van der Waals surface area contributed by atoms with E-state index in [0.717, 1.165) is 0 Å². The summed E-state index contributed by atoms with van der Waals surface area (Å²) in [5.41, 5.74) is 10.6. The van der Waals surface area contributed by atoms with Gasteiger partial charge in [-0.15, -0.1) is 0 Å². The highest BCUT2D eigenvalue weighted by Crippen LogP contribution is 2.55. The van der Waals surface area contributed by atoms with E-state index in [-0.39, 0.29) is 5.41 Å². The van der Waals surface area contributed by atoms with Crippen molar-refractivity contribution in [1.82, 2.24) is 0 Å². The van der Waals surface area contributed by atoms with Crippen LogP contribution in [-0.2, 0) is 5.41 Å².